The van der Waals surface area contributed by atoms with Crippen LogP contribution in [0.4, 0.5) is 5.82 Å². The summed E-state index contributed by atoms with van der Waals surface area (Å²) in [6.07, 6.45) is 2.80. The van der Waals surface area contributed by atoms with E-state index in [9.17, 15) is 9.90 Å². The van der Waals surface area contributed by atoms with Crippen LogP contribution in [0.1, 0.15) is 12.8 Å². The molecule has 88 valence electrons. The summed E-state index contributed by atoms with van der Waals surface area (Å²) in [5.74, 6) is 0.948. The van der Waals surface area contributed by atoms with Gasteiger partial charge >= 0.3 is 0 Å². The van der Waals surface area contributed by atoms with Crippen molar-refractivity contribution in [2.45, 2.75) is 18.9 Å². The Labute approximate surface area is 98.1 Å². The number of nitrogens with zero attached hydrogens (tertiary/aromatic N) is 2. The fraction of sp³-hybridized carbons (Fsp3) is 0.600. The second kappa shape index (κ2) is 4.43. The first-order valence-electron chi connectivity index (χ1n) is 5.20. The normalized spacial score (nSPS) is 23.9. The van der Waals surface area contributed by atoms with Crippen LogP contribution in [0, 0.1) is 5.92 Å². The summed E-state index contributed by atoms with van der Waals surface area (Å²) in [6.45, 7) is 0.757. The Morgan fingerprint density at radius 2 is 2.38 bits per heavy atom. The van der Waals surface area contributed by atoms with E-state index in [1.807, 2.05) is 11.9 Å². The van der Waals surface area contributed by atoms with Gasteiger partial charge in [-0.3, -0.25) is 4.79 Å². The van der Waals surface area contributed by atoms with Crippen LogP contribution >= 0.6 is 11.6 Å². The van der Waals surface area contributed by atoms with Crippen LogP contribution < -0.4 is 10.5 Å². The molecule has 6 heteroatoms. The minimum absolute atomic E-state index is 0.116. The van der Waals surface area contributed by atoms with Gasteiger partial charge in [-0.2, -0.15) is 0 Å². The molecular weight excluding hydrogens is 230 g/mol. The minimum Gasteiger partial charge on any atom is -0.393 e. The SMILES string of the molecule is CN(CC1CC(O)C1)c1nc[nH]c(=O)c1Cl. The van der Waals surface area contributed by atoms with Crippen molar-refractivity contribution in [3.05, 3.63) is 21.7 Å². The molecule has 1 fully saturated rings. The number of H-pyrrole nitrogens is 1. The average Bonchev–Trinajstić information content (AvgIpc) is 2.19. The van der Waals surface area contributed by atoms with Gasteiger partial charge in [0.1, 0.15) is 5.02 Å². The standard InChI is InChI=1S/C10H14ClN3O2/c1-14(4-6-2-7(15)3-6)9-8(11)10(16)13-5-12-9/h5-7,15H,2-4H2,1H3,(H,12,13,16). The van der Waals surface area contributed by atoms with E-state index in [2.05, 4.69) is 9.97 Å². The summed E-state index contributed by atoms with van der Waals surface area (Å²) in [4.78, 5) is 19.6. The van der Waals surface area contributed by atoms with Gasteiger partial charge < -0.3 is 15.0 Å². The molecule has 0 amide bonds. The zero-order valence-electron chi connectivity index (χ0n) is 8.98. The van der Waals surface area contributed by atoms with Crippen LogP contribution in [0.5, 0.6) is 0 Å². The number of aromatic amines is 1. The maximum atomic E-state index is 11.3. The molecule has 2 rings (SSSR count). The molecule has 0 bridgehead atoms. The molecule has 1 aliphatic carbocycles. The van der Waals surface area contributed by atoms with Crippen molar-refractivity contribution in [3.63, 3.8) is 0 Å². The van der Waals surface area contributed by atoms with E-state index in [1.54, 1.807) is 0 Å². The number of anilines is 1. The Balaban J connectivity index is 2.06. The molecule has 1 aromatic heterocycles. The lowest BCUT2D eigenvalue weighted by Gasteiger charge is -2.34. The molecular formula is C10H14ClN3O2. The molecule has 1 saturated carbocycles. The number of aliphatic hydroxyl groups excluding tert-OH is 1. The predicted octanol–water partition coefficient (Wildman–Crippen LogP) is 0.630. The van der Waals surface area contributed by atoms with Gasteiger partial charge in [-0.15, -0.1) is 0 Å². The number of aliphatic hydroxyl groups is 1. The Hall–Kier alpha value is -1.07. The van der Waals surface area contributed by atoms with E-state index in [4.69, 9.17) is 11.6 Å². The molecule has 0 atom stereocenters. The Kier molecular flexibility index (Phi) is 3.16. The predicted molar refractivity (Wildman–Crippen MR) is 61.9 cm³/mol. The monoisotopic (exact) mass is 243 g/mol. The fourth-order valence-electron chi connectivity index (χ4n) is 1.96. The van der Waals surface area contributed by atoms with Crippen LogP contribution in [0.3, 0.4) is 0 Å². The topological polar surface area (TPSA) is 69.2 Å². The summed E-state index contributed by atoms with van der Waals surface area (Å²) in [5, 5.41) is 9.30. The molecule has 0 saturated heterocycles. The van der Waals surface area contributed by atoms with Gasteiger partial charge in [0.05, 0.1) is 12.4 Å². The minimum atomic E-state index is -0.327. The number of rotatable bonds is 3. The van der Waals surface area contributed by atoms with Crippen LogP contribution in [-0.4, -0.2) is 34.8 Å². The van der Waals surface area contributed by atoms with E-state index in [-0.39, 0.29) is 16.7 Å². The van der Waals surface area contributed by atoms with E-state index in [0.29, 0.717) is 11.7 Å². The average molecular weight is 244 g/mol. The van der Waals surface area contributed by atoms with Crippen LogP contribution in [0.2, 0.25) is 5.02 Å². The lowest BCUT2D eigenvalue weighted by Crippen LogP contribution is -2.37. The van der Waals surface area contributed by atoms with Gasteiger partial charge in [0, 0.05) is 13.6 Å². The molecule has 0 spiro atoms. The third-order valence-corrected chi connectivity index (χ3v) is 3.22. The molecule has 1 aromatic rings. The molecule has 0 aromatic carbocycles. The first kappa shape index (κ1) is 11.4. The summed E-state index contributed by atoms with van der Waals surface area (Å²) in [5.41, 5.74) is -0.327. The summed E-state index contributed by atoms with van der Waals surface area (Å²) in [6, 6.07) is 0. The second-order valence-corrected chi connectivity index (χ2v) is 4.62. The highest BCUT2D eigenvalue weighted by atomic mass is 35.5. The van der Waals surface area contributed by atoms with Crippen molar-refractivity contribution >= 4 is 17.4 Å². The van der Waals surface area contributed by atoms with Gasteiger partial charge in [-0.05, 0) is 18.8 Å². The van der Waals surface area contributed by atoms with Gasteiger partial charge in [0.25, 0.3) is 5.56 Å². The third-order valence-electron chi connectivity index (χ3n) is 2.88. The highest BCUT2D eigenvalue weighted by Gasteiger charge is 2.28. The molecule has 5 nitrogen and oxygen atoms in total. The Morgan fingerprint density at radius 1 is 1.69 bits per heavy atom. The highest BCUT2D eigenvalue weighted by Crippen LogP contribution is 2.29. The summed E-state index contributed by atoms with van der Waals surface area (Å²) < 4.78 is 0. The number of nitrogens with one attached hydrogen (secondary N) is 1. The van der Waals surface area contributed by atoms with Crippen molar-refractivity contribution in [3.8, 4) is 0 Å². The molecule has 0 radical (unpaired) electrons. The summed E-state index contributed by atoms with van der Waals surface area (Å²) >= 11 is 5.86. The van der Waals surface area contributed by atoms with Crippen molar-refractivity contribution in [2.24, 2.45) is 5.92 Å². The smallest absolute Gasteiger partial charge is 0.271 e. The van der Waals surface area contributed by atoms with Crippen molar-refractivity contribution in [1.82, 2.24) is 9.97 Å². The van der Waals surface area contributed by atoms with E-state index < -0.39 is 0 Å². The first-order valence-corrected chi connectivity index (χ1v) is 5.58. The van der Waals surface area contributed by atoms with Gasteiger partial charge in [-0.25, -0.2) is 4.98 Å². The summed E-state index contributed by atoms with van der Waals surface area (Å²) in [7, 11) is 1.85. The zero-order valence-corrected chi connectivity index (χ0v) is 9.74. The molecule has 0 unspecified atom stereocenters. The second-order valence-electron chi connectivity index (χ2n) is 4.24. The lowest BCUT2D eigenvalue weighted by atomic mass is 9.82. The number of hydrogen-bond acceptors (Lipinski definition) is 4. The molecule has 0 aliphatic heterocycles. The maximum Gasteiger partial charge on any atom is 0.271 e. The van der Waals surface area contributed by atoms with Crippen LogP contribution in [-0.2, 0) is 0 Å². The number of aromatic nitrogens is 2. The van der Waals surface area contributed by atoms with Crippen molar-refractivity contribution < 1.29 is 5.11 Å². The van der Waals surface area contributed by atoms with Crippen molar-refractivity contribution in [2.75, 3.05) is 18.5 Å². The van der Waals surface area contributed by atoms with Gasteiger partial charge in [0.15, 0.2) is 5.82 Å². The molecule has 1 aliphatic rings. The molecule has 2 N–H and O–H groups in total. The fourth-order valence-corrected chi connectivity index (χ4v) is 2.21. The number of halogens is 1. The Bertz CT molecular complexity index is 428. The van der Waals surface area contributed by atoms with E-state index in [1.165, 1.54) is 6.33 Å². The Morgan fingerprint density at radius 3 is 3.00 bits per heavy atom. The zero-order chi connectivity index (χ0) is 11.7. The largest absolute Gasteiger partial charge is 0.393 e. The van der Waals surface area contributed by atoms with E-state index >= 15 is 0 Å². The molecule has 1 heterocycles. The first-order chi connectivity index (χ1) is 7.58. The van der Waals surface area contributed by atoms with Gasteiger partial charge in [0.2, 0.25) is 0 Å². The third kappa shape index (κ3) is 2.20. The van der Waals surface area contributed by atoms with E-state index in [0.717, 1.165) is 19.4 Å². The maximum absolute atomic E-state index is 11.3. The lowest BCUT2D eigenvalue weighted by molar-refractivity contribution is 0.0464. The molecule has 16 heavy (non-hydrogen) atoms. The van der Waals surface area contributed by atoms with Gasteiger partial charge in [-0.1, -0.05) is 11.6 Å². The number of hydrogen-bond donors (Lipinski definition) is 2. The van der Waals surface area contributed by atoms with Crippen molar-refractivity contribution in [1.29, 1.82) is 0 Å². The highest BCUT2D eigenvalue weighted by molar-refractivity contribution is 6.32. The quantitative estimate of drug-likeness (QED) is 0.817. The van der Waals surface area contributed by atoms with Crippen LogP contribution in [0.15, 0.2) is 11.1 Å². The van der Waals surface area contributed by atoms with Crippen LogP contribution in [0.25, 0.3) is 0 Å².